The van der Waals surface area contributed by atoms with Crippen molar-refractivity contribution in [2.75, 3.05) is 0 Å². The molecule has 0 aliphatic heterocycles. The summed E-state index contributed by atoms with van der Waals surface area (Å²) in [6.45, 7) is 0. The Labute approximate surface area is 180 Å². The summed E-state index contributed by atoms with van der Waals surface area (Å²) in [7, 11) is 0. The minimum atomic E-state index is -0.326. The second-order valence-electron chi connectivity index (χ2n) is 6.92. The van der Waals surface area contributed by atoms with E-state index >= 15 is 0 Å². The molecule has 0 saturated carbocycles. The van der Waals surface area contributed by atoms with E-state index in [4.69, 9.17) is 4.74 Å². The minimum Gasteiger partial charge on any atom is -0.426 e. The quantitative estimate of drug-likeness (QED) is 0.217. The Morgan fingerprint density at radius 1 is 0.806 bits per heavy atom. The van der Waals surface area contributed by atoms with Gasteiger partial charge in [0.1, 0.15) is 5.75 Å². The third-order valence-electron chi connectivity index (χ3n) is 4.74. The molecule has 0 aliphatic rings. The number of hydrogen-bond donors (Lipinski definition) is 1. The number of amides is 1. The van der Waals surface area contributed by atoms with E-state index in [-0.39, 0.29) is 18.3 Å². The van der Waals surface area contributed by atoms with Gasteiger partial charge in [0.05, 0.1) is 12.6 Å². The Morgan fingerprint density at radius 3 is 2.32 bits per heavy atom. The van der Waals surface area contributed by atoms with Gasteiger partial charge >= 0.3 is 5.97 Å². The van der Waals surface area contributed by atoms with E-state index in [1.807, 2.05) is 48.5 Å². The van der Waals surface area contributed by atoms with Gasteiger partial charge in [-0.25, -0.2) is 5.43 Å². The van der Waals surface area contributed by atoms with Gasteiger partial charge in [-0.2, -0.15) is 5.10 Å². The molecular weight excluding hydrogens is 388 g/mol. The molecule has 4 aromatic rings. The first-order chi connectivity index (χ1) is 15.2. The van der Waals surface area contributed by atoms with Crippen LogP contribution in [0.3, 0.4) is 0 Å². The maximum atomic E-state index is 12.4. The van der Waals surface area contributed by atoms with Crippen LogP contribution in [0, 0.1) is 0 Å². The highest BCUT2D eigenvalue weighted by atomic mass is 16.5. The molecule has 0 bridgehead atoms. The molecule has 0 radical (unpaired) electrons. The predicted octanol–water partition coefficient (Wildman–Crippen LogP) is 4.75. The van der Waals surface area contributed by atoms with Crippen molar-refractivity contribution in [3.05, 3.63) is 114 Å². The number of carbonyl (C=O) groups excluding carboxylic acids is 2. The van der Waals surface area contributed by atoms with Crippen molar-refractivity contribution in [2.45, 2.75) is 6.42 Å². The number of nitrogens with zero attached hydrogens (tertiary/aromatic N) is 1. The van der Waals surface area contributed by atoms with E-state index in [9.17, 15) is 9.59 Å². The molecule has 0 saturated heterocycles. The lowest BCUT2D eigenvalue weighted by Gasteiger charge is -2.07. The number of carbonyl (C=O) groups is 2. The second kappa shape index (κ2) is 9.50. The fourth-order valence-corrected chi connectivity index (χ4v) is 3.21. The van der Waals surface area contributed by atoms with E-state index in [1.165, 1.54) is 6.21 Å². The summed E-state index contributed by atoms with van der Waals surface area (Å²) in [5, 5.41) is 6.10. The van der Waals surface area contributed by atoms with Crippen LogP contribution in [0.1, 0.15) is 21.5 Å². The Balaban J connectivity index is 1.34. The van der Waals surface area contributed by atoms with Gasteiger partial charge in [-0.3, -0.25) is 9.59 Å². The standard InChI is InChI=1S/C26H20N2O3/c29-25(17-22-11-6-10-20-7-4-5-12-24(20)22)31-23-15-13-19(14-16-23)18-27-28-26(30)21-8-2-1-3-9-21/h1-16,18H,17H2,(H,28,30)/b27-18-. The van der Waals surface area contributed by atoms with Crippen LogP contribution in [0.25, 0.3) is 10.8 Å². The molecule has 0 heterocycles. The molecular formula is C26H20N2O3. The molecule has 0 fully saturated rings. The highest BCUT2D eigenvalue weighted by Gasteiger charge is 2.09. The van der Waals surface area contributed by atoms with E-state index in [0.717, 1.165) is 21.9 Å². The molecule has 0 aliphatic carbocycles. The van der Waals surface area contributed by atoms with Crippen LogP contribution in [0.4, 0.5) is 0 Å². The Kier molecular flexibility index (Phi) is 6.14. The number of hydrogen-bond acceptors (Lipinski definition) is 4. The maximum Gasteiger partial charge on any atom is 0.315 e. The third kappa shape index (κ3) is 5.22. The molecule has 0 aromatic heterocycles. The van der Waals surface area contributed by atoms with Crippen LogP contribution >= 0.6 is 0 Å². The number of rotatable bonds is 6. The number of esters is 1. The largest absolute Gasteiger partial charge is 0.426 e. The fourth-order valence-electron chi connectivity index (χ4n) is 3.21. The van der Waals surface area contributed by atoms with Crippen LogP contribution in [-0.2, 0) is 11.2 Å². The molecule has 152 valence electrons. The molecule has 4 aromatic carbocycles. The lowest BCUT2D eigenvalue weighted by Crippen LogP contribution is -2.17. The molecule has 5 nitrogen and oxygen atoms in total. The Bertz CT molecular complexity index is 1230. The van der Waals surface area contributed by atoms with Crippen LogP contribution in [-0.4, -0.2) is 18.1 Å². The van der Waals surface area contributed by atoms with Gasteiger partial charge in [0.25, 0.3) is 5.91 Å². The number of ether oxygens (including phenoxy) is 1. The van der Waals surface area contributed by atoms with Gasteiger partial charge < -0.3 is 4.74 Å². The van der Waals surface area contributed by atoms with Gasteiger partial charge in [0, 0.05) is 5.56 Å². The van der Waals surface area contributed by atoms with Gasteiger partial charge in [-0.15, -0.1) is 0 Å². The van der Waals surface area contributed by atoms with Crippen molar-refractivity contribution in [3.63, 3.8) is 0 Å². The predicted molar refractivity (Wildman–Crippen MR) is 121 cm³/mol. The van der Waals surface area contributed by atoms with Gasteiger partial charge in [0.2, 0.25) is 0 Å². The lowest BCUT2D eigenvalue weighted by atomic mass is 10.0. The first kappa shape index (κ1) is 20.0. The van der Waals surface area contributed by atoms with Crippen molar-refractivity contribution in [3.8, 4) is 5.75 Å². The molecule has 0 atom stereocenters. The van der Waals surface area contributed by atoms with Gasteiger partial charge in [0.15, 0.2) is 0 Å². The monoisotopic (exact) mass is 408 g/mol. The van der Waals surface area contributed by atoms with Crippen molar-refractivity contribution in [2.24, 2.45) is 5.10 Å². The number of benzene rings is 4. The molecule has 5 heteroatoms. The molecule has 4 rings (SSSR count). The fraction of sp³-hybridized carbons (Fsp3) is 0.0385. The van der Waals surface area contributed by atoms with E-state index in [0.29, 0.717) is 11.3 Å². The van der Waals surface area contributed by atoms with Crippen molar-refractivity contribution in [1.82, 2.24) is 5.43 Å². The summed E-state index contributed by atoms with van der Waals surface area (Å²) in [5.74, 6) is -0.153. The number of hydrazone groups is 1. The summed E-state index contributed by atoms with van der Waals surface area (Å²) >= 11 is 0. The summed E-state index contributed by atoms with van der Waals surface area (Å²) in [6.07, 6.45) is 1.72. The molecule has 1 N–H and O–H groups in total. The Hall–Kier alpha value is -4.25. The number of fused-ring (bicyclic) bond motifs is 1. The average molecular weight is 408 g/mol. The normalized spacial score (nSPS) is 10.8. The van der Waals surface area contributed by atoms with E-state index in [2.05, 4.69) is 10.5 Å². The highest BCUT2D eigenvalue weighted by Crippen LogP contribution is 2.20. The zero-order chi connectivity index (χ0) is 21.5. The zero-order valence-electron chi connectivity index (χ0n) is 16.7. The molecule has 0 unspecified atom stereocenters. The molecule has 31 heavy (non-hydrogen) atoms. The number of nitrogens with one attached hydrogen (secondary N) is 1. The lowest BCUT2D eigenvalue weighted by molar-refractivity contribution is -0.133. The zero-order valence-corrected chi connectivity index (χ0v) is 16.7. The SMILES string of the molecule is O=C(Cc1cccc2ccccc12)Oc1ccc(/C=N\NC(=O)c2ccccc2)cc1. The van der Waals surface area contributed by atoms with Crippen molar-refractivity contribution < 1.29 is 14.3 Å². The topological polar surface area (TPSA) is 67.8 Å². The van der Waals surface area contributed by atoms with Crippen molar-refractivity contribution in [1.29, 1.82) is 0 Å². The maximum absolute atomic E-state index is 12.4. The average Bonchev–Trinajstić information content (AvgIpc) is 2.81. The molecule has 1 amide bonds. The van der Waals surface area contributed by atoms with E-state index in [1.54, 1.807) is 48.5 Å². The highest BCUT2D eigenvalue weighted by molar-refractivity contribution is 5.94. The Morgan fingerprint density at radius 2 is 1.52 bits per heavy atom. The first-order valence-corrected chi connectivity index (χ1v) is 9.85. The summed E-state index contributed by atoms with van der Waals surface area (Å²) in [6, 6.07) is 29.6. The van der Waals surface area contributed by atoms with Gasteiger partial charge in [-0.1, -0.05) is 60.7 Å². The van der Waals surface area contributed by atoms with Crippen molar-refractivity contribution >= 4 is 28.9 Å². The van der Waals surface area contributed by atoms with E-state index < -0.39 is 0 Å². The summed E-state index contributed by atoms with van der Waals surface area (Å²) in [5.41, 5.74) is 4.71. The van der Waals surface area contributed by atoms with Gasteiger partial charge in [-0.05, 0) is 58.3 Å². The smallest absolute Gasteiger partial charge is 0.315 e. The molecule has 0 spiro atoms. The summed E-state index contributed by atoms with van der Waals surface area (Å²) < 4.78 is 5.47. The second-order valence-corrected chi connectivity index (χ2v) is 6.92. The van der Waals surface area contributed by atoms with Crippen LogP contribution in [0.15, 0.2) is 102 Å². The van der Waals surface area contributed by atoms with Crippen LogP contribution in [0.2, 0.25) is 0 Å². The van der Waals surface area contributed by atoms with Crippen LogP contribution in [0.5, 0.6) is 5.75 Å². The summed E-state index contributed by atoms with van der Waals surface area (Å²) in [4.78, 5) is 24.4. The minimum absolute atomic E-state index is 0.191. The van der Waals surface area contributed by atoms with Crippen LogP contribution < -0.4 is 10.2 Å². The first-order valence-electron chi connectivity index (χ1n) is 9.85. The third-order valence-corrected chi connectivity index (χ3v) is 4.74.